The van der Waals surface area contributed by atoms with Gasteiger partial charge in [-0.25, -0.2) is 4.79 Å². The maximum Gasteiger partial charge on any atom is 0.513 e. The second-order valence-corrected chi connectivity index (χ2v) is 5.72. The molecule has 3 nitrogen and oxygen atoms in total. The summed E-state index contributed by atoms with van der Waals surface area (Å²) in [4.78, 5) is 11.5. The first-order valence-electron chi connectivity index (χ1n) is 8.69. The zero-order valence-electron chi connectivity index (χ0n) is 14.1. The predicted octanol–water partition coefficient (Wildman–Crippen LogP) is 5.91. The minimum Gasteiger partial charge on any atom is -0.434 e. The van der Waals surface area contributed by atoms with Crippen LogP contribution >= 0.6 is 0 Å². The van der Waals surface area contributed by atoms with E-state index >= 15 is 0 Å². The van der Waals surface area contributed by atoms with Crippen LogP contribution in [-0.2, 0) is 11.2 Å². The highest BCUT2D eigenvalue weighted by Gasteiger charge is 2.05. The van der Waals surface area contributed by atoms with Crippen LogP contribution in [0.3, 0.4) is 0 Å². The summed E-state index contributed by atoms with van der Waals surface area (Å²) in [6, 6.07) is 7.73. The monoisotopic (exact) mass is 306 g/mol. The van der Waals surface area contributed by atoms with E-state index in [1.807, 2.05) is 24.3 Å². The molecule has 0 heterocycles. The Bertz CT molecular complexity index is 398. The van der Waals surface area contributed by atoms with Crippen LogP contribution < -0.4 is 4.74 Å². The third-order valence-electron chi connectivity index (χ3n) is 3.66. The molecule has 0 aliphatic rings. The van der Waals surface area contributed by atoms with E-state index in [-0.39, 0.29) is 0 Å². The number of hydrogen-bond donors (Lipinski definition) is 0. The van der Waals surface area contributed by atoms with Crippen LogP contribution in [-0.4, -0.2) is 12.8 Å². The second-order valence-electron chi connectivity index (χ2n) is 5.72. The fourth-order valence-corrected chi connectivity index (χ4v) is 2.29. The number of ether oxygens (including phenoxy) is 2. The highest BCUT2D eigenvalue weighted by atomic mass is 16.7. The molecule has 0 spiro atoms. The van der Waals surface area contributed by atoms with Crippen molar-refractivity contribution in [1.82, 2.24) is 0 Å². The van der Waals surface area contributed by atoms with Crippen molar-refractivity contribution in [2.24, 2.45) is 0 Å². The van der Waals surface area contributed by atoms with Gasteiger partial charge in [-0.1, -0.05) is 64.5 Å². The van der Waals surface area contributed by atoms with E-state index in [2.05, 4.69) is 13.8 Å². The molecule has 0 aliphatic heterocycles. The number of aryl methyl sites for hydroxylation is 1. The molecule has 124 valence electrons. The van der Waals surface area contributed by atoms with Gasteiger partial charge in [-0.2, -0.15) is 0 Å². The molecule has 1 rings (SSSR count). The lowest BCUT2D eigenvalue weighted by atomic mass is 10.1. The average molecular weight is 306 g/mol. The largest absolute Gasteiger partial charge is 0.513 e. The highest BCUT2D eigenvalue weighted by molar-refractivity contribution is 5.63. The van der Waals surface area contributed by atoms with Crippen molar-refractivity contribution in [3.8, 4) is 5.75 Å². The Morgan fingerprint density at radius 2 is 1.50 bits per heavy atom. The lowest BCUT2D eigenvalue weighted by molar-refractivity contribution is 0.0973. The van der Waals surface area contributed by atoms with Crippen molar-refractivity contribution >= 4 is 6.16 Å². The van der Waals surface area contributed by atoms with E-state index in [1.54, 1.807) is 0 Å². The Morgan fingerprint density at radius 3 is 2.14 bits per heavy atom. The van der Waals surface area contributed by atoms with E-state index in [1.165, 1.54) is 44.1 Å². The SMILES string of the molecule is CCCCCCOC(=O)Oc1ccc(CCCCCC)cc1. The van der Waals surface area contributed by atoms with E-state index < -0.39 is 6.16 Å². The average Bonchev–Trinajstić information content (AvgIpc) is 2.53. The number of rotatable bonds is 11. The smallest absolute Gasteiger partial charge is 0.434 e. The van der Waals surface area contributed by atoms with Gasteiger partial charge in [0.15, 0.2) is 0 Å². The van der Waals surface area contributed by atoms with Crippen LogP contribution in [0.4, 0.5) is 4.79 Å². The molecule has 0 unspecified atom stereocenters. The summed E-state index contributed by atoms with van der Waals surface area (Å²) >= 11 is 0. The third-order valence-corrected chi connectivity index (χ3v) is 3.66. The minimum atomic E-state index is -0.604. The van der Waals surface area contributed by atoms with Crippen LogP contribution in [0.5, 0.6) is 5.75 Å². The zero-order valence-corrected chi connectivity index (χ0v) is 14.1. The first-order valence-corrected chi connectivity index (χ1v) is 8.69. The zero-order chi connectivity index (χ0) is 16.0. The molecular weight excluding hydrogens is 276 g/mol. The molecule has 1 aromatic rings. The van der Waals surface area contributed by atoms with Gasteiger partial charge in [-0.3, -0.25) is 0 Å². The normalized spacial score (nSPS) is 10.5. The molecule has 0 bridgehead atoms. The Morgan fingerprint density at radius 1 is 0.864 bits per heavy atom. The van der Waals surface area contributed by atoms with E-state index in [9.17, 15) is 4.79 Å². The number of carbonyl (C=O) groups excluding carboxylic acids is 1. The van der Waals surface area contributed by atoms with Gasteiger partial charge in [0.2, 0.25) is 0 Å². The maximum absolute atomic E-state index is 11.5. The molecule has 0 saturated heterocycles. The number of hydrogen-bond acceptors (Lipinski definition) is 3. The number of carbonyl (C=O) groups is 1. The van der Waals surface area contributed by atoms with Crippen LogP contribution in [0.15, 0.2) is 24.3 Å². The molecular formula is C19H30O3. The molecule has 0 amide bonds. The van der Waals surface area contributed by atoms with Gasteiger partial charge < -0.3 is 9.47 Å². The van der Waals surface area contributed by atoms with Crippen molar-refractivity contribution in [3.63, 3.8) is 0 Å². The van der Waals surface area contributed by atoms with E-state index in [0.29, 0.717) is 12.4 Å². The van der Waals surface area contributed by atoms with Crippen LogP contribution in [0, 0.1) is 0 Å². The maximum atomic E-state index is 11.5. The Kier molecular flexibility index (Phi) is 10.2. The Hall–Kier alpha value is -1.51. The summed E-state index contributed by atoms with van der Waals surface area (Å²) in [7, 11) is 0. The minimum absolute atomic E-state index is 0.439. The second kappa shape index (κ2) is 12.1. The van der Waals surface area contributed by atoms with E-state index in [0.717, 1.165) is 19.3 Å². The molecule has 3 heteroatoms. The van der Waals surface area contributed by atoms with Crippen molar-refractivity contribution in [1.29, 1.82) is 0 Å². The molecule has 0 fully saturated rings. The summed E-state index contributed by atoms with van der Waals surface area (Å²) < 4.78 is 10.2. The Balaban J connectivity index is 2.21. The third kappa shape index (κ3) is 8.71. The van der Waals surface area contributed by atoms with Gasteiger partial charge in [0, 0.05) is 0 Å². The molecule has 0 aliphatic carbocycles. The van der Waals surface area contributed by atoms with Crippen LogP contribution in [0.2, 0.25) is 0 Å². The van der Waals surface area contributed by atoms with Gasteiger partial charge in [0.25, 0.3) is 0 Å². The van der Waals surface area contributed by atoms with Crippen LogP contribution in [0.25, 0.3) is 0 Å². The molecule has 0 N–H and O–H groups in total. The molecule has 0 atom stereocenters. The fraction of sp³-hybridized carbons (Fsp3) is 0.632. The summed E-state index contributed by atoms with van der Waals surface area (Å²) in [5, 5.41) is 0. The number of benzene rings is 1. The molecule has 0 aromatic heterocycles. The fourth-order valence-electron chi connectivity index (χ4n) is 2.29. The van der Waals surface area contributed by atoms with Gasteiger partial charge in [-0.15, -0.1) is 0 Å². The van der Waals surface area contributed by atoms with Crippen molar-refractivity contribution < 1.29 is 14.3 Å². The first kappa shape index (κ1) is 18.5. The number of unbranched alkanes of at least 4 members (excludes halogenated alkanes) is 6. The standard InChI is InChI=1S/C19H30O3/c1-3-5-7-9-11-17-12-14-18(15-13-17)22-19(20)21-16-10-8-6-4-2/h12-15H,3-11,16H2,1-2H3. The van der Waals surface area contributed by atoms with Crippen molar-refractivity contribution in [3.05, 3.63) is 29.8 Å². The van der Waals surface area contributed by atoms with Gasteiger partial charge in [-0.05, 0) is 37.0 Å². The summed E-state index contributed by atoms with van der Waals surface area (Å²) in [5.41, 5.74) is 1.29. The molecule has 0 saturated carbocycles. The van der Waals surface area contributed by atoms with Gasteiger partial charge in [0.05, 0.1) is 6.61 Å². The molecule has 22 heavy (non-hydrogen) atoms. The van der Waals surface area contributed by atoms with Crippen LogP contribution in [0.1, 0.15) is 70.8 Å². The first-order chi connectivity index (χ1) is 10.8. The lowest BCUT2D eigenvalue weighted by Gasteiger charge is -2.07. The molecule has 1 aromatic carbocycles. The van der Waals surface area contributed by atoms with Crippen molar-refractivity contribution in [2.75, 3.05) is 6.61 Å². The lowest BCUT2D eigenvalue weighted by Crippen LogP contribution is -2.11. The highest BCUT2D eigenvalue weighted by Crippen LogP contribution is 2.15. The summed E-state index contributed by atoms with van der Waals surface area (Å²) in [6.07, 6.45) is 9.88. The van der Waals surface area contributed by atoms with Crippen molar-refractivity contribution in [2.45, 2.75) is 71.6 Å². The predicted molar refractivity (Wildman–Crippen MR) is 90.4 cm³/mol. The van der Waals surface area contributed by atoms with Gasteiger partial charge in [0.1, 0.15) is 5.75 Å². The summed E-state index contributed by atoms with van der Waals surface area (Å²) in [6.45, 7) is 4.81. The summed E-state index contributed by atoms with van der Waals surface area (Å²) in [5.74, 6) is 0.552. The quantitative estimate of drug-likeness (QED) is 0.290. The Labute approximate surface area is 135 Å². The van der Waals surface area contributed by atoms with Gasteiger partial charge >= 0.3 is 6.16 Å². The molecule has 0 radical (unpaired) electrons. The van der Waals surface area contributed by atoms with E-state index in [4.69, 9.17) is 9.47 Å². The topological polar surface area (TPSA) is 35.5 Å².